The number of benzene rings is 3. The number of nitrogens with one attached hydrogen (secondary N) is 1. The van der Waals surface area contributed by atoms with E-state index in [4.69, 9.17) is 16.0 Å². The minimum absolute atomic E-state index is 0.301. The number of rotatable bonds is 4. The van der Waals surface area contributed by atoms with E-state index in [9.17, 15) is 14.4 Å². The summed E-state index contributed by atoms with van der Waals surface area (Å²) in [5.74, 6) is -1.04. The van der Waals surface area contributed by atoms with Gasteiger partial charge in [0.05, 0.1) is 11.1 Å². The number of anilines is 1. The molecule has 1 atom stereocenters. The lowest BCUT2D eigenvalue weighted by molar-refractivity contribution is -0.119. The van der Waals surface area contributed by atoms with Crippen molar-refractivity contribution in [3.8, 4) is 11.5 Å². The smallest absolute Gasteiger partial charge is 0.262 e. The molecule has 7 nitrogen and oxygen atoms in total. The number of oxazole rings is 1. The molecular formula is C24H16ClN3O4. The lowest BCUT2D eigenvalue weighted by Crippen LogP contribution is -2.45. The summed E-state index contributed by atoms with van der Waals surface area (Å²) in [7, 11) is 0. The first kappa shape index (κ1) is 20.0. The molecule has 0 spiro atoms. The van der Waals surface area contributed by atoms with Gasteiger partial charge < -0.3 is 9.73 Å². The molecule has 0 saturated carbocycles. The van der Waals surface area contributed by atoms with Gasteiger partial charge in [0.15, 0.2) is 5.58 Å². The quantitative estimate of drug-likeness (QED) is 0.457. The number of fused-ring (bicyclic) bond motifs is 2. The van der Waals surface area contributed by atoms with Crippen molar-refractivity contribution in [3.05, 3.63) is 82.9 Å². The maximum absolute atomic E-state index is 12.8. The first-order valence-corrected chi connectivity index (χ1v) is 10.2. The third-order valence-electron chi connectivity index (χ3n) is 5.32. The van der Waals surface area contributed by atoms with Crippen molar-refractivity contribution in [1.29, 1.82) is 0 Å². The third-order valence-corrected chi connectivity index (χ3v) is 5.55. The van der Waals surface area contributed by atoms with Crippen molar-refractivity contribution in [2.24, 2.45) is 0 Å². The van der Waals surface area contributed by atoms with E-state index in [1.54, 1.807) is 60.7 Å². The molecule has 4 aromatic rings. The van der Waals surface area contributed by atoms with Crippen LogP contribution >= 0.6 is 11.6 Å². The number of imide groups is 1. The zero-order valence-corrected chi connectivity index (χ0v) is 17.6. The van der Waals surface area contributed by atoms with Gasteiger partial charge in [-0.15, -0.1) is 0 Å². The van der Waals surface area contributed by atoms with Crippen LogP contribution in [0.3, 0.4) is 0 Å². The molecule has 0 bridgehead atoms. The second-order valence-corrected chi connectivity index (χ2v) is 7.84. The first-order chi connectivity index (χ1) is 15.4. The zero-order valence-electron chi connectivity index (χ0n) is 16.8. The largest absolute Gasteiger partial charge is 0.436 e. The van der Waals surface area contributed by atoms with Gasteiger partial charge in [0.2, 0.25) is 11.8 Å². The van der Waals surface area contributed by atoms with Crippen LogP contribution in [0.2, 0.25) is 5.02 Å². The van der Waals surface area contributed by atoms with Crippen LogP contribution in [0.5, 0.6) is 0 Å². The van der Waals surface area contributed by atoms with Gasteiger partial charge in [-0.3, -0.25) is 19.3 Å². The summed E-state index contributed by atoms with van der Waals surface area (Å²) in [5, 5.41) is 3.32. The highest BCUT2D eigenvalue weighted by molar-refractivity contribution is 6.30. The van der Waals surface area contributed by atoms with Gasteiger partial charge in [-0.25, -0.2) is 4.98 Å². The van der Waals surface area contributed by atoms with E-state index in [1.807, 2.05) is 6.07 Å². The number of carbonyl (C=O) groups excluding carboxylic acids is 3. The maximum Gasteiger partial charge on any atom is 0.262 e. The van der Waals surface area contributed by atoms with Gasteiger partial charge in [-0.1, -0.05) is 29.8 Å². The molecule has 1 aliphatic rings. The minimum Gasteiger partial charge on any atom is -0.436 e. The number of amides is 3. The van der Waals surface area contributed by atoms with Crippen molar-refractivity contribution in [3.63, 3.8) is 0 Å². The Labute approximate surface area is 187 Å². The predicted octanol–water partition coefficient (Wildman–Crippen LogP) is 4.77. The van der Waals surface area contributed by atoms with E-state index in [0.29, 0.717) is 38.8 Å². The summed E-state index contributed by atoms with van der Waals surface area (Å²) in [6, 6.07) is 17.7. The predicted molar refractivity (Wildman–Crippen MR) is 119 cm³/mol. The molecule has 3 amide bonds. The topological polar surface area (TPSA) is 92.5 Å². The molecule has 0 saturated heterocycles. The van der Waals surface area contributed by atoms with Gasteiger partial charge in [-0.2, -0.15) is 0 Å². The molecule has 32 heavy (non-hydrogen) atoms. The molecule has 158 valence electrons. The molecule has 3 aromatic carbocycles. The van der Waals surface area contributed by atoms with Gasteiger partial charge in [-0.05, 0) is 55.5 Å². The van der Waals surface area contributed by atoms with Gasteiger partial charge >= 0.3 is 0 Å². The Morgan fingerprint density at radius 2 is 1.72 bits per heavy atom. The normalized spacial score (nSPS) is 14.0. The van der Waals surface area contributed by atoms with Gasteiger partial charge in [0, 0.05) is 16.3 Å². The Hall–Kier alpha value is -3.97. The van der Waals surface area contributed by atoms with E-state index < -0.39 is 23.8 Å². The Balaban J connectivity index is 1.37. The number of nitrogens with zero attached hydrogens (tertiary/aromatic N) is 2. The van der Waals surface area contributed by atoms with E-state index >= 15 is 0 Å². The van der Waals surface area contributed by atoms with Crippen LogP contribution in [-0.4, -0.2) is 33.6 Å². The van der Waals surface area contributed by atoms with Crippen molar-refractivity contribution < 1.29 is 18.8 Å². The molecule has 1 aromatic heterocycles. The molecule has 2 heterocycles. The van der Waals surface area contributed by atoms with Crippen LogP contribution in [0.15, 0.2) is 71.1 Å². The van der Waals surface area contributed by atoms with Crippen molar-refractivity contribution in [2.75, 3.05) is 5.32 Å². The zero-order chi connectivity index (χ0) is 22.4. The highest BCUT2D eigenvalue weighted by atomic mass is 35.5. The van der Waals surface area contributed by atoms with Crippen LogP contribution in [0.25, 0.3) is 22.6 Å². The second-order valence-electron chi connectivity index (χ2n) is 7.40. The summed E-state index contributed by atoms with van der Waals surface area (Å²) in [6.45, 7) is 1.52. The molecular weight excluding hydrogens is 430 g/mol. The van der Waals surface area contributed by atoms with Crippen LogP contribution in [0, 0.1) is 0 Å². The molecule has 1 aliphatic heterocycles. The second kappa shape index (κ2) is 7.62. The average Bonchev–Trinajstić information content (AvgIpc) is 3.32. The van der Waals surface area contributed by atoms with Crippen LogP contribution in [0.4, 0.5) is 5.69 Å². The van der Waals surface area contributed by atoms with Crippen molar-refractivity contribution in [2.45, 2.75) is 13.0 Å². The monoisotopic (exact) mass is 445 g/mol. The lowest BCUT2D eigenvalue weighted by Gasteiger charge is -2.21. The average molecular weight is 446 g/mol. The lowest BCUT2D eigenvalue weighted by atomic mass is 10.1. The molecule has 1 unspecified atom stereocenters. The fourth-order valence-corrected chi connectivity index (χ4v) is 3.86. The number of aromatic nitrogens is 1. The molecule has 1 N–H and O–H groups in total. The van der Waals surface area contributed by atoms with Crippen molar-refractivity contribution in [1.82, 2.24) is 9.88 Å². The number of hydrogen-bond donors (Lipinski definition) is 1. The molecule has 0 aliphatic carbocycles. The Bertz CT molecular complexity index is 1380. The summed E-state index contributed by atoms with van der Waals surface area (Å²) in [6.07, 6.45) is 0. The number of hydrogen-bond acceptors (Lipinski definition) is 5. The van der Waals surface area contributed by atoms with Crippen LogP contribution in [-0.2, 0) is 4.79 Å². The van der Waals surface area contributed by atoms with E-state index in [2.05, 4.69) is 10.3 Å². The fourth-order valence-electron chi connectivity index (χ4n) is 3.67. The minimum atomic E-state index is -0.988. The number of carbonyl (C=O) groups is 3. The SMILES string of the molecule is CC(C(=O)Nc1ccc2oc(-c3cccc(Cl)c3)nc2c1)N1C(=O)c2ccccc2C1=O. The van der Waals surface area contributed by atoms with E-state index in [-0.39, 0.29) is 0 Å². The maximum atomic E-state index is 12.8. The molecule has 8 heteroatoms. The van der Waals surface area contributed by atoms with Gasteiger partial charge in [0.25, 0.3) is 11.8 Å². The number of halogens is 1. The Kier molecular flexibility index (Phi) is 4.75. The van der Waals surface area contributed by atoms with E-state index in [0.717, 1.165) is 10.5 Å². The Morgan fingerprint density at radius 3 is 2.41 bits per heavy atom. The van der Waals surface area contributed by atoms with Crippen LogP contribution < -0.4 is 5.32 Å². The van der Waals surface area contributed by atoms with Crippen LogP contribution in [0.1, 0.15) is 27.6 Å². The third kappa shape index (κ3) is 3.33. The summed E-state index contributed by atoms with van der Waals surface area (Å²) in [5.41, 5.74) is 2.90. The summed E-state index contributed by atoms with van der Waals surface area (Å²) >= 11 is 6.04. The Morgan fingerprint density at radius 1 is 1.00 bits per heavy atom. The highest BCUT2D eigenvalue weighted by Gasteiger charge is 2.40. The fraction of sp³-hybridized carbons (Fsp3) is 0.0833. The van der Waals surface area contributed by atoms with E-state index in [1.165, 1.54) is 6.92 Å². The highest BCUT2D eigenvalue weighted by Crippen LogP contribution is 2.28. The first-order valence-electron chi connectivity index (χ1n) is 9.87. The molecule has 5 rings (SSSR count). The van der Waals surface area contributed by atoms with Crippen molar-refractivity contribution >= 4 is 46.1 Å². The molecule has 0 radical (unpaired) electrons. The summed E-state index contributed by atoms with van der Waals surface area (Å²) < 4.78 is 5.78. The van der Waals surface area contributed by atoms with Gasteiger partial charge in [0.1, 0.15) is 11.6 Å². The molecule has 0 fully saturated rings. The summed E-state index contributed by atoms with van der Waals surface area (Å²) in [4.78, 5) is 43.5. The standard InChI is InChI=1S/C24H16ClN3O4/c1-13(28-23(30)17-7-2-3-8-18(17)24(28)31)21(29)26-16-9-10-20-19(12-16)27-22(32-20)14-5-4-6-15(25)11-14/h2-13H,1H3,(H,26,29).